The van der Waals surface area contributed by atoms with Crippen molar-refractivity contribution >= 4 is 10.0 Å². The van der Waals surface area contributed by atoms with Crippen LogP contribution in [0.25, 0.3) is 0 Å². The van der Waals surface area contributed by atoms with E-state index < -0.39 is 10.0 Å². The maximum atomic E-state index is 11.1. The molecule has 51 heavy (non-hydrogen) atoms. The Labute approximate surface area is 322 Å². The van der Waals surface area contributed by atoms with E-state index in [1.54, 1.807) is 0 Å². The van der Waals surface area contributed by atoms with Crippen molar-refractivity contribution in [3.8, 4) is 0 Å². The van der Waals surface area contributed by atoms with E-state index in [-0.39, 0.29) is 22.3 Å². The van der Waals surface area contributed by atoms with Crippen LogP contribution in [0.1, 0.15) is 201 Å². The first-order chi connectivity index (χ1) is 22.8. The minimum Gasteiger partial charge on any atom is -0.373 e. The van der Waals surface area contributed by atoms with Gasteiger partial charge in [-0.2, -0.15) is 0 Å². The Morgan fingerprint density at radius 1 is 0.765 bits per heavy atom. The van der Waals surface area contributed by atoms with E-state index in [0.29, 0.717) is 34.7 Å². The summed E-state index contributed by atoms with van der Waals surface area (Å²) in [5, 5.41) is -0.0881. The lowest BCUT2D eigenvalue weighted by atomic mass is 9.71. The highest BCUT2D eigenvalue weighted by molar-refractivity contribution is 7.90. The molecule has 1 aliphatic rings. The lowest BCUT2D eigenvalue weighted by Crippen LogP contribution is -2.32. The van der Waals surface area contributed by atoms with E-state index in [9.17, 15) is 8.42 Å². The molecule has 5 heteroatoms. The average molecular weight is 738 g/mol. The Balaban J connectivity index is -0.000000276. The van der Waals surface area contributed by atoms with E-state index >= 15 is 0 Å². The molecular weight excluding hydrogens is 647 g/mol. The topological polar surface area (TPSA) is 55.4 Å². The van der Waals surface area contributed by atoms with Crippen LogP contribution < -0.4 is 4.72 Å². The van der Waals surface area contributed by atoms with Crippen LogP contribution in [0, 0.1) is 22.2 Å². The standard InChI is InChI=1S/C13H26O.C12H18.C8H18.C6H13NO2S.C5H10.C2H6/c1-11(2)14-13(6,7)10-8-9-12(3,4)5;1-9(2)11-6-5-7-12(8-11)10(3)4;1-7(2,3)8(4,5)6;1-5(2)7-10(8,9)6-3-4-6;1-4-5(2)3;1-2/h8-9,11H,10H2,1-7H3;5-10H,1-4H3;1-6H3;5-7H,3-4H2,1-2H3;4-5H,1H2,2-3H3;1-2H3/b9-8+;;;;;. The molecule has 0 spiro atoms. The molecule has 0 bridgehead atoms. The van der Waals surface area contributed by atoms with Gasteiger partial charge in [-0.05, 0) is 106 Å². The van der Waals surface area contributed by atoms with Gasteiger partial charge in [-0.25, -0.2) is 13.1 Å². The third kappa shape index (κ3) is 35.4. The van der Waals surface area contributed by atoms with Crippen LogP contribution in [0.4, 0.5) is 0 Å². The van der Waals surface area contributed by atoms with Crippen molar-refractivity contribution in [2.75, 3.05) is 0 Å². The maximum absolute atomic E-state index is 11.1. The first-order valence-electron chi connectivity index (χ1n) is 19.9. The van der Waals surface area contributed by atoms with Crippen LogP contribution in [-0.4, -0.2) is 31.4 Å². The Bertz CT molecular complexity index is 1100. The molecule has 0 aromatic heterocycles. The van der Waals surface area contributed by atoms with Crippen molar-refractivity contribution in [1.29, 1.82) is 0 Å². The van der Waals surface area contributed by atoms with Crippen molar-refractivity contribution in [3.63, 3.8) is 0 Å². The van der Waals surface area contributed by atoms with Crippen molar-refractivity contribution in [2.24, 2.45) is 22.2 Å². The second kappa shape index (κ2) is 26.4. The molecule has 1 aromatic rings. The van der Waals surface area contributed by atoms with Crippen LogP contribution in [-0.2, 0) is 14.8 Å². The Kier molecular flexibility index (Phi) is 29.1. The Morgan fingerprint density at radius 2 is 1.14 bits per heavy atom. The van der Waals surface area contributed by atoms with Crippen molar-refractivity contribution in [2.45, 2.75) is 213 Å². The summed E-state index contributed by atoms with van der Waals surface area (Å²) in [6.07, 6.45) is 9.33. The van der Waals surface area contributed by atoms with Crippen LogP contribution >= 0.6 is 0 Å². The molecular formula is C46H91NO3S. The summed E-state index contributed by atoms with van der Waals surface area (Å²) in [6.45, 7) is 53.1. The number of sulfonamides is 1. The zero-order chi connectivity index (χ0) is 41.6. The molecule has 1 N–H and O–H groups in total. The van der Waals surface area contributed by atoms with Gasteiger partial charge < -0.3 is 4.74 Å². The minimum atomic E-state index is -2.94. The Morgan fingerprint density at radius 3 is 1.37 bits per heavy atom. The number of hydrogen-bond donors (Lipinski definition) is 1. The highest BCUT2D eigenvalue weighted by Gasteiger charge is 2.35. The van der Waals surface area contributed by atoms with E-state index in [1.807, 2.05) is 33.8 Å². The number of hydrogen-bond acceptors (Lipinski definition) is 3. The van der Waals surface area contributed by atoms with E-state index in [0.717, 1.165) is 19.3 Å². The monoisotopic (exact) mass is 738 g/mol. The fourth-order valence-corrected chi connectivity index (χ4v) is 5.07. The van der Waals surface area contributed by atoms with Gasteiger partial charge in [-0.15, -0.1) is 6.58 Å². The van der Waals surface area contributed by atoms with E-state index in [4.69, 9.17) is 4.74 Å². The molecule has 1 aromatic carbocycles. The van der Waals surface area contributed by atoms with E-state index in [1.165, 1.54) is 11.1 Å². The van der Waals surface area contributed by atoms with Gasteiger partial charge in [0.15, 0.2) is 0 Å². The third-order valence-electron chi connectivity index (χ3n) is 8.11. The summed E-state index contributed by atoms with van der Waals surface area (Å²) in [7, 11) is -2.94. The van der Waals surface area contributed by atoms with Gasteiger partial charge in [-0.1, -0.05) is 160 Å². The molecule has 1 fully saturated rings. The second-order valence-electron chi connectivity index (χ2n) is 18.9. The van der Waals surface area contributed by atoms with Crippen molar-refractivity contribution in [3.05, 3.63) is 60.2 Å². The van der Waals surface area contributed by atoms with Crippen LogP contribution in [0.2, 0.25) is 0 Å². The van der Waals surface area contributed by atoms with Gasteiger partial charge in [0.2, 0.25) is 10.0 Å². The molecule has 4 nitrogen and oxygen atoms in total. The fourth-order valence-electron chi connectivity index (χ4n) is 3.46. The van der Waals surface area contributed by atoms with Crippen LogP contribution in [0.15, 0.2) is 49.1 Å². The lowest BCUT2D eigenvalue weighted by Gasteiger charge is -2.34. The molecule has 0 unspecified atom stereocenters. The molecule has 0 radical (unpaired) electrons. The predicted molar refractivity (Wildman–Crippen MR) is 234 cm³/mol. The summed E-state index contributed by atoms with van der Waals surface area (Å²) in [5.74, 6) is 1.93. The first-order valence-corrected chi connectivity index (χ1v) is 21.4. The smallest absolute Gasteiger partial charge is 0.214 e. The van der Waals surface area contributed by atoms with Gasteiger partial charge in [0.05, 0.1) is 17.0 Å². The summed E-state index contributed by atoms with van der Waals surface area (Å²) in [6, 6.07) is 8.91. The predicted octanol–water partition coefficient (Wildman–Crippen LogP) is 14.5. The van der Waals surface area contributed by atoms with Crippen molar-refractivity contribution in [1.82, 2.24) is 4.72 Å². The van der Waals surface area contributed by atoms with Gasteiger partial charge >= 0.3 is 0 Å². The van der Waals surface area contributed by atoms with Crippen molar-refractivity contribution < 1.29 is 13.2 Å². The molecule has 0 amide bonds. The molecule has 304 valence electrons. The molecule has 1 saturated carbocycles. The summed E-state index contributed by atoms with van der Waals surface area (Å²) in [5.41, 5.74) is 3.99. The van der Waals surface area contributed by atoms with Gasteiger partial charge in [-0.3, -0.25) is 0 Å². The van der Waals surface area contributed by atoms with Gasteiger partial charge in [0, 0.05) is 6.04 Å². The molecule has 1 aliphatic carbocycles. The zero-order valence-electron chi connectivity index (χ0n) is 38.5. The fraction of sp³-hybridized carbons (Fsp3) is 0.783. The quantitative estimate of drug-likeness (QED) is 0.243. The number of ether oxygens (including phenoxy) is 1. The maximum Gasteiger partial charge on any atom is 0.214 e. The summed E-state index contributed by atoms with van der Waals surface area (Å²) < 4.78 is 30.5. The molecule has 0 heterocycles. The number of rotatable bonds is 10. The zero-order valence-corrected chi connectivity index (χ0v) is 39.3. The van der Waals surface area contributed by atoms with E-state index in [2.05, 4.69) is 179 Å². The normalized spacial score (nSPS) is 13.6. The highest BCUT2D eigenvalue weighted by atomic mass is 32.2. The number of allylic oxidation sites excluding steroid dienone is 2. The Hall–Kier alpha value is -1.43. The largest absolute Gasteiger partial charge is 0.373 e. The highest BCUT2D eigenvalue weighted by Crippen LogP contribution is 2.36. The van der Waals surface area contributed by atoms with Gasteiger partial charge in [0.25, 0.3) is 0 Å². The third-order valence-corrected chi connectivity index (χ3v) is 10.3. The first kappa shape index (κ1) is 56.3. The minimum absolute atomic E-state index is 0.0330. The number of nitrogens with one attached hydrogen (secondary N) is 1. The molecule has 0 aliphatic heterocycles. The van der Waals surface area contributed by atoms with Crippen LogP contribution in [0.5, 0.6) is 0 Å². The molecule has 0 saturated heterocycles. The summed E-state index contributed by atoms with van der Waals surface area (Å²) in [4.78, 5) is 0. The summed E-state index contributed by atoms with van der Waals surface area (Å²) >= 11 is 0. The van der Waals surface area contributed by atoms with Crippen LogP contribution in [0.3, 0.4) is 0 Å². The lowest BCUT2D eigenvalue weighted by molar-refractivity contribution is -0.0531. The number of benzene rings is 1. The second-order valence-corrected chi connectivity index (χ2v) is 20.9. The molecule has 0 atom stereocenters. The molecule has 2 rings (SSSR count). The SMILES string of the molecule is C=CC(C)C.CC.CC(C)(C)C(C)(C)C.CC(C)NS(=O)(=O)C1CC1.CC(C)OC(C)(C)C/C=C/C(C)(C)C.CC(C)c1cccc(C(C)C)c1. The average Bonchev–Trinajstić information content (AvgIpc) is 3.79. The van der Waals surface area contributed by atoms with Gasteiger partial charge in [0.1, 0.15) is 0 Å².